The number of amides is 4. The number of hydrogen-bond donors (Lipinski definition) is 6. The zero-order valence-corrected chi connectivity index (χ0v) is 29.4. The first kappa shape index (κ1) is 37.4. The summed E-state index contributed by atoms with van der Waals surface area (Å²) < 4.78 is 4.41. The quantitative estimate of drug-likeness (QED) is 0.0844. The SMILES string of the molecule is CC(=C=Cc1c(O)n(-c2cccc(C(N)=O)c2)n(-c2cccc(C(N)=O)c2)c1=O)C=Cc1c(O)n(-c2cccc(C(N)=O)c2)n(-c2cccc(C(N)=O)c2)c1=O. The molecule has 0 saturated heterocycles. The van der Waals surface area contributed by atoms with Gasteiger partial charge in [-0.15, -0.1) is 5.73 Å². The fourth-order valence-corrected chi connectivity index (χ4v) is 5.84. The predicted octanol–water partition coefficient (Wildman–Crippen LogP) is 2.65. The molecule has 0 aliphatic heterocycles. The summed E-state index contributed by atoms with van der Waals surface area (Å²) in [5.41, 5.74) is 24.3. The molecule has 0 radical (unpaired) electrons. The Kier molecular flexibility index (Phi) is 9.98. The van der Waals surface area contributed by atoms with Gasteiger partial charge in [-0.1, -0.05) is 30.3 Å². The molecular formula is C40H32N8O8. The molecule has 16 nitrogen and oxygen atoms in total. The van der Waals surface area contributed by atoms with Gasteiger partial charge in [0.05, 0.1) is 22.7 Å². The van der Waals surface area contributed by atoms with Gasteiger partial charge < -0.3 is 33.1 Å². The molecule has 2 heterocycles. The number of benzene rings is 4. The van der Waals surface area contributed by atoms with Gasteiger partial charge in [0.1, 0.15) is 11.1 Å². The third-order valence-electron chi connectivity index (χ3n) is 8.57. The van der Waals surface area contributed by atoms with E-state index in [1.165, 1.54) is 115 Å². The number of rotatable bonds is 11. The molecule has 0 unspecified atom stereocenters. The molecule has 2 aromatic heterocycles. The van der Waals surface area contributed by atoms with Gasteiger partial charge in [-0.3, -0.25) is 28.8 Å². The average Bonchev–Trinajstić information content (AvgIpc) is 3.59. The molecule has 56 heavy (non-hydrogen) atoms. The highest BCUT2D eigenvalue weighted by Gasteiger charge is 2.23. The predicted molar refractivity (Wildman–Crippen MR) is 206 cm³/mol. The topological polar surface area (TPSA) is 267 Å². The summed E-state index contributed by atoms with van der Waals surface area (Å²) >= 11 is 0. The van der Waals surface area contributed by atoms with E-state index in [0.29, 0.717) is 5.57 Å². The van der Waals surface area contributed by atoms with Crippen LogP contribution < -0.4 is 34.1 Å². The van der Waals surface area contributed by atoms with E-state index in [-0.39, 0.29) is 56.1 Å². The Morgan fingerprint density at radius 1 is 0.536 bits per heavy atom. The lowest BCUT2D eigenvalue weighted by atomic mass is 10.2. The number of primary amides is 4. The molecule has 10 N–H and O–H groups in total. The zero-order chi connectivity index (χ0) is 40.4. The van der Waals surface area contributed by atoms with Gasteiger partial charge in [-0.25, -0.2) is 18.7 Å². The van der Waals surface area contributed by atoms with Gasteiger partial charge in [-0.05, 0) is 97.4 Å². The van der Waals surface area contributed by atoms with Crippen molar-refractivity contribution in [2.75, 3.05) is 0 Å². The van der Waals surface area contributed by atoms with Crippen LogP contribution in [0.25, 0.3) is 34.9 Å². The third kappa shape index (κ3) is 7.04. The van der Waals surface area contributed by atoms with Gasteiger partial charge in [0.25, 0.3) is 11.1 Å². The normalized spacial score (nSPS) is 10.9. The second kappa shape index (κ2) is 14.9. The van der Waals surface area contributed by atoms with Gasteiger partial charge in [-0.2, -0.15) is 0 Å². The van der Waals surface area contributed by atoms with Crippen molar-refractivity contribution in [3.8, 4) is 34.5 Å². The molecule has 16 heteroatoms. The number of nitrogens with zero attached hydrogens (tertiary/aromatic N) is 4. The molecular weight excluding hydrogens is 720 g/mol. The number of carbonyl (C=O) groups excluding carboxylic acids is 4. The molecule has 0 fully saturated rings. The Bertz CT molecular complexity index is 2850. The van der Waals surface area contributed by atoms with Gasteiger partial charge in [0.2, 0.25) is 35.4 Å². The lowest BCUT2D eigenvalue weighted by Gasteiger charge is -2.13. The Morgan fingerprint density at radius 2 is 0.857 bits per heavy atom. The number of allylic oxidation sites excluding steroid dienone is 2. The Balaban J connectivity index is 1.49. The van der Waals surface area contributed by atoms with E-state index in [4.69, 9.17) is 22.9 Å². The van der Waals surface area contributed by atoms with Crippen LogP contribution >= 0.6 is 0 Å². The highest BCUT2D eigenvalue weighted by Crippen LogP contribution is 2.27. The van der Waals surface area contributed by atoms with Gasteiger partial charge in [0, 0.05) is 22.3 Å². The second-order valence-electron chi connectivity index (χ2n) is 12.3. The number of carbonyl (C=O) groups is 4. The van der Waals surface area contributed by atoms with Crippen LogP contribution in [-0.4, -0.2) is 52.6 Å². The van der Waals surface area contributed by atoms with E-state index in [1.807, 2.05) is 0 Å². The standard InChI is InChI=1S/C40H32N8O8/c1-22(14-16-31-37(53)45(27-10-2-6-23(18-27)33(41)49)46(38(31)54)28-11-3-7-24(19-28)34(42)50)15-17-32-39(55)47(29-12-4-8-25(20-29)35(43)51)48(40(32)56)30-13-5-9-26(21-30)36(44)52/h2-14,16-21,53,55H,1H3,(H2,41,49)(H2,42,50)(H2,43,51)(H2,44,52). The summed E-state index contributed by atoms with van der Waals surface area (Å²) in [6.07, 6.45) is 3.92. The molecule has 6 rings (SSSR count). The van der Waals surface area contributed by atoms with Crippen molar-refractivity contribution in [2.24, 2.45) is 22.9 Å². The van der Waals surface area contributed by atoms with E-state index in [1.54, 1.807) is 6.92 Å². The maximum atomic E-state index is 14.0. The van der Waals surface area contributed by atoms with Crippen molar-refractivity contribution in [3.05, 3.63) is 169 Å². The Morgan fingerprint density at radius 3 is 1.21 bits per heavy atom. The lowest BCUT2D eigenvalue weighted by molar-refractivity contribution is 0.0991. The van der Waals surface area contributed by atoms with Crippen molar-refractivity contribution >= 4 is 35.8 Å². The van der Waals surface area contributed by atoms with Crippen LogP contribution in [0.15, 0.2) is 124 Å². The van der Waals surface area contributed by atoms with Crippen LogP contribution in [0.4, 0.5) is 0 Å². The van der Waals surface area contributed by atoms with E-state index < -0.39 is 46.5 Å². The first-order valence-corrected chi connectivity index (χ1v) is 16.5. The first-order valence-electron chi connectivity index (χ1n) is 16.5. The number of aromatic nitrogens is 4. The highest BCUT2D eigenvalue weighted by molar-refractivity contribution is 5.95. The first-order chi connectivity index (χ1) is 26.7. The molecule has 4 aromatic carbocycles. The minimum atomic E-state index is -0.755. The number of hydrogen-bond acceptors (Lipinski definition) is 8. The fourth-order valence-electron chi connectivity index (χ4n) is 5.84. The van der Waals surface area contributed by atoms with Crippen LogP contribution in [0.3, 0.4) is 0 Å². The maximum Gasteiger partial charge on any atom is 0.283 e. The van der Waals surface area contributed by atoms with Crippen LogP contribution in [0.2, 0.25) is 0 Å². The van der Waals surface area contributed by atoms with E-state index >= 15 is 0 Å². The maximum absolute atomic E-state index is 14.0. The monoisotopic (exact) mass is 752 g/mol. The van der Waals surface area contributed by atoms with Crippen molar-refractivity contribution in [1.82, 2.24) is 18.7 Å². The summed E-state index contributed by atoms with van der Waals surface area (Å²) in [7, 11) is 0. The van der Waals surface area contributed by atoms with E-state index in [0.717, 1.165) is 18.7 Å². The molecule has 280 valence electrons. The van der Waals surface area contributed by atoms with Crippen LogP contribution in [-0.2, 0) is 0 Å². The van der Waals surface area contributed by atoms with Crippen molar-refractivity contribution in [3.63, 3.8) is 0 Å². The molecule has 0 bridgehead atoms. The summed E-state index contributed by atoms with van der Waals surface area (Å²) in [6.45, 7) is 1.57. The van der Waals surface area contributed by atoms with Gasteiger partial charge >= 0.3 is 0 Å². The highest BCUT2D eigenvalue weighted by atomic mass is 16.3. The fraction of sp³-hybridized carbons (Fsp3) is 0.0250. The van der Waals surface area contributed by atoms with E-state index in [2.05, 4.69) is 5.73 Å². The van der Waals surface area contributed by atoms with Crippen LogP contribution in [0, 0.1) is 0 Å². The van der Waals surface area contributed by atoms with Crippen molar-refractivity contribution in [1.29, 1.82) is 0 Å². The minimum Gasteiger partial charge on any atom is -0.493 e. The average molecular weight is 753 g/mol. The molecule has 0 aliphatic rings. The third-order valence-corrected chi connectivity index (χ3v) is 8.57. The van der Waals surface area contributed by atoms with Crippen molar-refractivity contribution in [2.45, 2.75) is 6.92 Å². The minimum absolute atomic E-state index is 0.0859. The summed E-state index contributed by atoms with van der Waals surface area (Å²) in [5.74, 6) is -4.10. The molecule has 4 amide bonds. The summed E-state index contributed by atoms with van der Waals surface area (Å²) in [4.78, 5) is 75.8. The van der Waals surface area contributed by atoms with Crippen LogP contribution in [0.5, 0.6) is 11.8 Å². The lowest BCUT2D eigenvalue weighted by Crippen LogP contribution is -2.22. The summed E-state index contributed by atoms with van der Waals surface area (Å²) in [5, 5.41) is 22.9. The number of nitrogens with two attached hydrogens (primary N) is 4. The molecule has 0 atom stereocenters. The largest absolute Gasteiger partial charge is 0.493 e. The smallest absolute Gasteiger partial charge is 0.283 e. The molecule has 6 aromatic rings. The molecule has 0 spiro atoms. The summed E-state index contributed by atoms with van der Waals surface area (Å²) in [6, 6.07) is 23.4. The zero-order valence-electron chi connectivity index (χ0n) is 29.4. The second-order valence-corrected chi connectivity index (χ2v) is 12.3. The Labute approximate surface area is 316 Å². The molecule has 0 aliphatic carbocycles. The Hall–Kier alpha value is -8.36. The number of aromatic hydroxyl groups is 2. The van der Waals surface area contributed by atoms with Gasteiger partial charge in [0.15, 0.2) is 0 Å². The van der Waals surface area contributed by atoms with Crippen molar-refractivity contribution < 1.29 is 29.4 Å². The van der Waals surface area contributed by atoms with E-state index in [9.17, 15) is 39.0 Å². The molecule has 0 saturated carbocycles. The van der Waals surface area contributed by atoms with Crippen LogP contribution in [0.1, 0.15) is 59.5 Å².